The summed E-state index contributed by atoms with van der Waals surface area (Å²) in [5, 5.41) is 1.28. The third kappa shape index (κ3) is 7.28. The lowest BCUT2D eigenvalue weighted by Crippen LogP contribution is -2.06. The van der Waals surface area contributed by atoms with Gasteiger partial charge in [0.25, 0.3) is 0 Å². The highest BCUT2D eigenvalue weighted by Gasteiger charge is 2.27. The van der Waals surface area contributed by atoms with Crippen molar-refractivity contribution in [3.8, 4) is 10.4 Å². The van der Waals surface area contributed by atoms with Gasteiger partial charge >= 0.3 is 6.18 Å². The molecule has 0 saturated heterocycles. The molecule has 5 heteroatoms. The molecule has 1 aromatic heterocycles. The van der Waals surface area contributed by atoms with Gasteiger partial charge in [-0.15, -0.1) is 11.3 Å². The van der Waals surface area contributed by atoms with E-state index in [4.69, 9.17) is 0 Å². The zero-order valence-electron chi connectivity index (χ0n) is 15.7. The van der Waals surface area contributed by atoms with Crippen molar-refractivity contribution in [2.75, 3.05) is 0 Å². The molecule has 148 valence electrons. The molecule has 1 heterocycles. The number of halogens is 3. The average Bonchev–Trinajstić information content (AvgIpc) is 3.36. The van der Waals surface area contributed by atoms with Crippen molar-refractivity contribution >= 4 is 11.3 Å². The van der Waals surface area contributed by atoms with Gasteiger partial charge in [-0.3, -0.25) is 0 Å². The molecule has 0 bridgehead atoms. The van der Waals surface area contributed by atoms with Crippen LogP contribution in [-0.4, -0.2) is 11.2 Å². The second kappa shape index (κ2) is 9.72. The molecular formula is C22H28F3NS. The molecule has 0 radical (unpaired) electrons. The van der Waals surface area contributed by atoms with Crippen LogP contribution in [0.15, 0.2) is 30.5 Å². The summed E-state index contributed by atoms with van der Waals surface area (Å²) in [4.78, 5) is 5.83. The van der Waals surface area contributed by atoms with Crippen molar-refractivity contribution in [2.45, 2.75) is 82.7 Å². The van der Waals surface area contributed by atoms with E-state index in [0.29, 0.717) is 12.3 Å². The van der Waals surface area contributed by atoms with Gasteiger partial charge in [-0.25, -0.2) is 4.98 Å². The first-order chi connectivity index (χ1) is 13.0. The van der Waals surface area contributed by atoms with Crippen molar-refractivity contribution in [3.63, 3.8) is 0 Å². The highest BCUT2D eigenvalue weighted by molar-refractivity contribution is 7.15. The van der Waals surface area contributed by atoms with Gasteiger partial charge in [-0.05, 0) is 43.2 Å². The zero-order chi connectivity index (χ0) is 19.1. The van der Waals surface area contributed by atoms with Crippen molar-refractivity contribution in [3.05, 3.63) is 41.0 Å². The Hall–Kier alpha value is -1.36. The second-order valence-corrected chi connectivity index (χ2v) is 8.69. The lowest BCUT2D eigenvalue weighted by atomic mass is 10.0. The lowest BCUT2D eigenvalue weighted by Gasteiger charge is -2.06. The van der Waals surface area contributed by atoms with Crippen LogP contribution in [0.25, 0.3) is 10.4 Å². The number of alkyl halides is 3. The van der Waals surface area contributed by atoms with E-state index in [-0.39, 0.29) is 6.42 Å². The quantitative estimate of drug-likeness (QED) is 0.352. The van der Waals surface area contributed by atoms with Crippen LogP contribution in [0.5, 0.6) is 0 Å². The van der Waals surface area contributed by atoms with Gasteiger partial charge in [-0.1, -0.05) is 56.4 Å². The number of aromatic nitrogens is 1. The first-order valence-electron chi connectivity index (χ1n) is 10.1. The fourth-order valence-corrected chi connectivity index (χ4v) is 4.44. The molecule has 1 aliphatic carbocycles. The maximum absolute atomic E-state index is 12.1. The minimum atomic E-state index is -3.99. The van der Waals surface area contributed by atoms with Crippen LogP contribution in [-0.2, 0) is 6.42 Å². The van der Waals surface area contributed by atoms with Gasteiger partial charge in [0.05, 0.1) is 9.88 Å². The Kier molecular flexibility index (Phi) is 7.33. The van der Waals surface area contributed by atoms with Gasteiger partial charge in [0.15, 0.2) is 0 Å². The molecule has 1 nitrogen and oxygen atoms in total. The Morgan fingerprint density at radius 2 is 1.67 bits per heavy atom. The summed E-state index contributed by atoms with van der Waals surface area (Å²) >= 11 is 1.83. The summed E-state index contributed by atoms with van der Waals surface area (Å²) < 4.78 is 36.2. The van der Waals surface area contributed by atoms with Crippen molar-refractivity contribution in [1.29, 1.82) is 0 Å². The molecule has 0 atom stereocenters. The summed E-state index contributed by atoms with van der Waals surface area (Å²) in [7, 11) is 0. The van der Waals surface area contributed by atoms with Crippen LogP contribution >= 0.6 is 11.3 Å². The molecule has 3 rings (SSSR count). The van der Waals surface area contributed by atoms with Crippen molar-refractivity contribution in [1.82, 2.24) is 4.98 Å². The molecule has 0 spiro atoms. The number of benzene rings is 1. The second-order valence-electron chi connectivity index (χ2n) is 7.63. The van der Waals surface area contributed by atoms with Crippen LogP contribution in [0.3, 0.4) is 0 Å². The topological polar surface area (TPSA) is 12.9 Å². The van der Waals surface area contributed by atoms with Crippen molar-refractivity contribution in [2.24, 2.45) is 0 Å². The highest BCUT2D eigenvalue weighted by atomic mass is 32.1. The minimum Gasteiger partial charge on any atom is -0.249 e. The number of unbranched alkanes of at least 4 members (excludes halogenated alkanes) is 6. The Labute approximate surface area is 164 Å². The van der Waals surface area contributed by atoms with E-state index in [9.17, 15) is 13.2 Å². The van der Waals surface area contributed by atoms with Gasteiger partial charge in [0, 0.05) is 18.5 Å². The standard InChI is InChI=1S/C22H28F3NS/c23-22(24,25)14-7-5-3-1-2-4-6-9-17-10-8-11-19(15-17)20-16-26-21(27-20)18-12-13-18/h8,10-11,15-16,18H,1-7,9,12-14H2. The fourth-order valence-electron chi connectivity index (χ4n) is 3.36. The van der Waals surface area contributed by atoms with E-state index in [1.807, 2.05) is 17.5 Å². The molecule has 0 unspecified atom stereocenters. The first-order valence-corrected chi connectivity index (χ1v) is 10.9. The van der Waals surface area contributed by atoms with E-state index in [2.05, 4.69) is 29.2 Å². The smallest absolute Gasteiger partial charge is 0.249 e. The Morgan fingerprint density at radius 1 is 0.963 bits per heavy atom. The summed E-state index contributed by atoms with van der Waals surface area (Å²) in [5.74, 6) is 0.709. The normalized spacial score (nSPS) is 14.6. The Balaban J connectivity index is 1.32. The summed E-state index contributed by atoms with van der Waals surface area (Å²) in [5.41, 5.74) is 2.63. The highest BCUT2D eigenvalue weighted by Crippen LogP contribution is 2.43. The lowest BCUT2D eigenvalue weighted by molar-refractivity contribution is -0.135. The van der Waals surface area contributed by atoms with E-state index in [1.54, 1.807) is 0 Å². The van der Waals surface area contributed by atoms with E-state index >= 15 is 0 Å². The Bertz CT molecular complexity index is 704. The fraction of sp³-hybridized carbons (Fsp3) is 0.591. The predicted molar refractivity (Wildman–Crippen MR) is 106 cm³/mol. The molecule has 1 aromatic carbocycles. The van der Waals surface area contributed by atoms with Crippen molar-refractivity contribution < 1.29 is 13.2 Å². The van der Waals surface area contributed by atoms with E-state index in [1.165, 1.54) is 33.9 Å². The SMILES string of the molecule is FC(F)(F)CCCCCCCCCc1cccc(-c2cnc(C3CC3)s2)c1. The van der Waals surface area contributed by atoms with Gasteiger partial charge in [0.2, 0.25) is 0 Å². The Morgan fingerprint density at radius 3 is 2.37 bits per heavy atom. The van der Waals surface area contributed by atoms with Crippen LogP contribution in [0, 0.1) is 0 Å². The zero-order valence-corrected chi connectivity index (χ0v) is 16.5. The van der Waals surface area contributed by atoms with Gasteiger partial charge < -0.3 is 0 Å². The molecule has 1 saturated carbocycles. The molecule has 1 aliphatic rings. The summed E-state index contributed by atoms with van der Waals surface area (Å²) in [6.07, 6.45) is 7.36. The predicted octanol–water partition coefficient (Wildman–Crippen LogP) is 7.91. The molecule has 0 amide bonds. The third-order valence-electron chi connectivity index (χ3n) is 5.09. The van der Waals surface area contributed by atoms with Crippen LogP contribution in [0.2, 0.25) is 0 Å². The summed E-state index contributed by atoms with van der Waals surface area (Å²) in [6.45, 7) is 0. The third-order valence-corrected chi connectivity index (χ3v) is 6.30. The molecule has 0 N–H and O–H groups in total. The number of hydrogen-bond donors (Lipinski definition) is 0. The van der Waals surface area contributed by atoms with E-state index in [0.717, 1.165) is 38.5 Å². The average molecular weight is 396 g/mol. The minimum absolute atomic E-state index is 0.274. The van der Waals surface area contributed by atoms with Gasteiger partial charge in [0.1, 0.15) is 0 Å². The number of hydrogen-bond acceptors (Lipinski definition) is 2. The molecule has 2 aromatic rings. The summed E-state index contributed by atoms with van der Waals surface area (Å²) in [6, 6.07) is 8.75. The van der Waals surface area contributed by atoms with Crippen LogP contribution in [0.4, 0.5) is 13.2 Å². The molecule has 1 fully saturated rings. The maximum atomic E-state index is 12.1. The number of thiazole rings is 1. The van der Waals surface area contributed by atoms with Crippen LogP contribution < -0.4 is 0 Å². The monoisotopic (exact) mass is 395 g/mol. The molecule has 27 heavy (non-hydrogen) atoms. The van der Waals surface area contributed by atoms with Crippen LogP contribution in [0.1, 0.15) is 80.7 Å². The van der Waals surface area contributed by atoms with Gasteiger partial charge in [-0.2, -0.15) is 13.2 Å². The number of nitrogens with zero attached hydrogens (tertiary/aromatic N) is 1. The first kappa shape index (κ1) is 20.4. The van der Waals surface area contributed by atoms with E-state index < -0.39 is 12.6 Å². The molecule has 0 aliphatic heterocycles. The number of aryl methyl sites for hydroxylation is 1. The number of rotatable bonds is 11. The maximum Gasteiger partial charge on any atom is 0.389 e. The largest absolute Gasteiger partial charge is 0.389 e. The molecular weight excluding hydrogens is 367 g/mol.